The molecule has 5 heteroatoms. The smallest absolute Gasteiger partial charge is 0.383 e. The summed E-state index contributed by atoms with van der Waals surface area (Å²) >= 11 is 0. The summed E-state index contributed by atoms with van der Waals surface area (Å²) in [5.74, 6) is 1.10. The third kappa shape index (κ3) is 14.2. The summed E-state index contributed by atoms with van der Waals surface area (Å²) in [5, 5.41) is 0.667. The van der Waals surface area contributed by atoms with Gasteiger partial charge in [0.15, 0.2) is 5.75 Å². The van der Waals surface area contributed by atoms with Crippen molar-refractivity contribution in [2.45, 2.75) is 101 Å². The van der Waals surface area contributed by atoms with Crippen LogP contribution in [0.2, 0.25) is 0 Å². The Balaban J connectivity index is 2.27. The molecule has 0 saturated heterocycles. The van der Waals surface area contributed by atoms with E-state index in [9.17, 15) is 4.79 Å². The van der Waals surface area contributed by atoms with E-state index in [2.05, 4.69) is 92.7 Å². The van der Waals surface area contributed by atoms with Crippen molar-refractivity contribution in [3.63, 3.8) is 0 Å². The van der Waals surface area contributed by atoms with Crippen LogP contribution in [0.5, 0.6) is 17.2 Å². The molecule has 0 fully saturated rings. The Morgan fingerprint density at radius 3 is 1.48 bits per heavy atom. The molecule has 0 unspecified atom stereocenters. The Labute approximate surface area is 265 Å². The first-order valence-corrected chi connectivity index (χ1v) is 15.8. The lowest BCUT2D eigenvalue weighted by atomic mass is 10.1. The van der Waals surface area contributed by atoms with Gasteiger partial charge in [-0.3, -0.25) is 0 Å². The highest BCUT2D eigenvalue weighted by Gasteiger charge is 2.18. The minimum absolute atomic E-state index is 0.0880. The van der Waals surface area contributed by atoms with Gasteiger partial charge in [0.1, 0.15) is 31.2 Å². The molecule has 0 amide bonds. The molecule has 0 atom stereocenters. The predicted molar refractivity (Wildman–Crippen MR) is 186 cm³/mol. The van der Waals surface area contributed by atoms with Crippen LogP contribution in [0.3, 0.4) is 0 Å². The molecule has 0 aliphatic heterocycles. The Morgan fingerprint density at radius 2 is 1.02 bits per heavy atom. The Morgan fingerprint density at radius 1 is 0.591 bits per heavy atom. The van der Waals surface area contributed by atoms with Crippen molar-refractivity contribution in [2.24, 2.45) is 0 Å². The summed E-state index contributed by atoms with van der Waals surface area (Å²) in [7, 11) is 0. The van der Waals surface area contributed by atoms with Crippen LogP contribution in [0.15, 0.2) is 97.3 Å². The van der Waals surface area contributed by atoms with Crippen molar-refractivity contribution < 1.29 is 18.6 Å². The molecule has 0 aliphatic rings. The molecule has 1 aromatic carbocycles. The largest absolute Gasteiger partial charge is 0.489 e. The molecule has 0 saturated carbocycles. The van der Waals surface area contributed by atoms with Gasteiger partial charge >= 0.3 is 5.63 Å². The zero-order valence-electron chi connectivity index (χ0n) is 28.6. The molecule has 44 heavy (non-hydrogen) atoms. The fourth-order valence-electron chi connectivity index (χ4n) is 4.38. The SMILES string of the molecule is CC(C)=CCCC(C)=CCOc1ccc2c(OCC=C(C)CCC=C(C)C)c(OCC=C(C)CCC=C(C)C)c(=O)oc2c1. The van der Waals surface area contributed by atoms with Crippen molar-refractivity contribution in [3.05, 3.63) is 98.5 Å². The number of allylic oxidation sites excluding steroid dienone is 9. The standard InChI is InChI=1S/C39H54O5/c1-28(2)13-10-16-31(7)21-24-41-34-19-20-35-36(27-34)44-39(40)38(43-26-23-33(9)18-12-15-30(5)6)37(35)42-25-22-32(8)17-11-14-29(3)4/h13-15,19-23,27H,10-12,16-18,24-26H2,1-9H3. The maximum Gasteiger partial charge on any atom is 0.383 e. The van der Waals surface area contributed by atoms with Gasteiger partial charge in [0.25, 0.3) is 0 Å². The lowest BCUT2D eigenvalue weighted by Gasteiger charge is -2.13. The van der Waals surface area contributed by atoms with E-state index < -0.39 is 5.63 Å². The van der Waals surface area contributed by atoms with Crippen molar-refractivity contribution in [1.29, 1.82) is 0 Å². The molecule has 240 valence electrons. The van der Waals surface area contributed by atoms with E-state index >= 15 is 0 Å². The maximum atomic E-state index is 13.2. The quantitative estimate of drug-likeness (QED) is 0.125. The number of benzene rings is 1. The Kier molecular flexibility index (Phi) is 16.2. The van der Waals surface area contributed by atoms with Crippen LogP contribution >= 0.6 is 0 Å². The maximum absolute atomic E-state index is 13.2. The minimum atomic E-state index is -0.570. The molecule has 1 aromatic heterocycles. The average molecular weight is 603 g/mol. The van der Waals surface area contributed by atoms with E-state index in [0.29, 0.717) is 35.7 Å². The average Bonchev–Trinajstić information content (AvgIpc) is 2.93. The first kappa shape index (κ1) is 36.5. The van der Waals surface area contributed by atoms with Crippen LogP contribution in [-0.2, 0) is 0 Å². The summed E-state index contributed by atoms with van der Waals surface area (Å²) in [4.78, 5) is 13.2. The van der Waals surface area contributed by atoms with Crippen molar-refractivity contribution in [1.82, 2.24) is 0 Å². The summed E-state index contributed by atoms with van der Waals surface area (Å²) in [6, 6.07) is 5.49. The zero-order valence-corrected chi connectivity index (χ0v) is 28.6. The molecule has 0 radical (unpaired) electrons. The van der Waals surface area contributed by atoms with Gasteiger partial charge in [-0.1, -0.05) is 51.7 Å². The Hall–Kier alpha value is -3.73. The van der Waals surface area contributed by atoms with Gasteiger partial charge in [0.2, 0.25) is 5.75 Å². The highest BCUT2D eigenvalue weighted by molar-refractivity contribution is 5.86. The van der Waals surface area contributed by atoms with E-state index in [1.165, 1.54) is 33.4 Å². The molecular weight excluding hydrogens is 548 g/mol. The lowest BCUT2D eigenvalue weighted by molar-refractivity contribution is 0.295. The number of fused-ring (bicyclic) bond motifs is 1. The molecule has 0 N–H and O–H groups in total. The summed E-state index contributed by atoms with van der Waals surface area (Å²) in [6.45, 7) is 20.0. The highest BCUT2D eigenvalue weighted by atomic mass is 16.5. The van der Waals surface area contributed by atoms with Crippen LogP contribution in [-0.4, -0.2) is 19.8 Å². The third-order valence-electron chi connectivity index (χ3n) is 7.07. The number of hydrogen-bond acceptors (Lipinski definition) is 5. The summed E-state index contributed by atoms with van der Waals surface area (Å²) in [5.41, 5.74) is 7.49. The fourth-order valence-corrected chi connectivity index (χ4v) is 4.38. The summed E-state index contributed by atoms with van der Waals surface area (Å²) in [6.07, 6.45) is 18.7. The van der Waals surface area contributed by atoms with E-state index in [1.54, 1.807) is 6.07 Å². The van der Waals surface area contributed by atoms with Gasteiger partial charge in [-0.2, -0.15) is 0 Å². The van der Waals surface area contributed by atoms with Gasteiger partial charge in [0.05, 0.1) is 5.39 Å². The molecule has 0 aliphatic carbocycles. The number of rotatable bonds is 18. The van der Waals surface area contributed by atoms with Crippen LogP contribution < -0.4 is 19.8 Å². The van der Waals surface area contributed by atoms with Gasteiger partial charge in [0, 0.05) is 6.07 Å². The lowest BCUT2D eigenvalue weighted by Crippen LogP contribution is -2.11. The minimum Gasteiger partial charge on any atom is -0.489 e. The van der Waals surface area contributed by atoms with Crippen LogP contribution in [0.1, 0.15) is 101 Å². The van der Waals surface area contributed by atoms with Crippen molar-refractivity contribution in [2.75, 3.05) is 19.8 Å². The van der Waals surface area contributed by atoms with Gasteiger partial charge < -0.3 is 18.6 Å². The second-order valence-corrected chi connectivity index (χ2v) is 12.3. The van der Waals surface area contributed by atoms with Gasteiger partial charge in [-0.25, -0.2) is 4.79 Å². The van der Waals surface area contributed by atoms with Gasteiger partial charge in [-0.05, 0) is 131 Å². The molecule has 1 heterocycles. The van der Waals surface area contributed by atoms with E-state index in [1.807, 2.05) is 18.2 Å². The Bertz CT molecular complexity index is 1450. The molecule has 2 aromatic rings. The van der Waals surface area contributed by atoms with Gasteiger partial charge in [-0.15, -0.1) is 0 Å². The van der Waals surface area contributed by atoms with Crippen LogP contribution in [0, 0.1) is 0 Å². The monoisotopic (exact) mass is 602 g/mol. The molecular formula is C39H54O5. The van der Waals surface area contributed by atoms with E-state index in [0.717, 1.165) is 38.5 Å². The van der Waals surface area contributed by atoms with E-state index in [4.69, 9.17) is 18.6 Å². The molecule has 0 bridgehead atoms. The normalized spacial score (nSPS) is 12.2. The first-order chi connectivity index (χ1) is 21.0. The number of hydrogen-bond donors (Lipinski definition) is 0. The second kappa shape index (κ2) is 19.5. The fraction of sp³-hybridized carbons (Fsp3) is 0.462. The predicted octanol–water partition coefficient (Wildman–Crippen LogP) is 11.0. The first-order valence-electron chi connectivity index (χ1n) is 15.8. The molecule has 2 rings (SSSR count). The number of ether oxygens (including phenoxy) is 3. The van der Waals surface area contributed by atoms with Crippen LogP contribution in [0.25, 0.3) is 11.0 Å². The molecule has 0 spiro atoms. The van der Waals surface area contributed by atoms with E-state index in [-0.39, 0.29) is 12.4 Å². The highest BCUT2D eigenvalue weighted by Crippen LogP contribution is 2.35. The third-order valence-corrected chi connectivity index (χ3v) is 7.07. The zero-order chi connectivity index (χ0) is 32.5. The topological polar surface area (TPSA) is 57.9 Å². The van der Waals surface area contributed by atoms with Crippen LogP contribution in [0.4, 0.5) is 0 Å². The summed E-state index contributed by atoms with van der Waals surface area (Å²) < 4.78 is 23.9. The molecule has 5 nitrogen and oxygen atoms in total. The van der Waals surface area contributed by atoms with Crippen molar-refractivity contribution in [3.8, 4) is 17.2 Å². The van der Waals surface area contributed by atoms with Crippen molar-refractivity contribution >= 4 is 11.0 Å². The second-order valence-electron chi connectivity index (χ2n) is 12.3.